The van der Waals surface area contributed by atoms with Crippen molar-refractivity contribution in [2.75, 3.05) is 13.1 Å². The highest BCUT2D eigenvalue weighted by molar-refractivity contribution is 5.78. The van der Waals surface area contributed by atoms with Crippen LogP contribution >= 0.6 is 0 Å². The molecule has 3 rings (SSSR count). The van der Waals surface area contributed by atoms with Gasteiger partial charge in [-0.05, 0) is 73.6 Å². The monoisotopic (exact) mass is 438 g/mol. The van der Waals surface area contributed by atoms with Gasteiger partial charge in [-0.1, -0.05) is 19.3 Å². The number of ether oxygens (including phenoxy) is 2. The maximum atomic E-state index is 11.8. The van der Waals surface area contributed by atoms with E-state index < -0.39 is 5.60 Å². The van der Waals surface area contributed by atoms with E-state index in [4.69, 9.17) is 9.47 Å². The van der Waals surface area contributed by atoms with E-state index in [9.17, 15) is 14.4 Å². The first-order valence-electron chi connectivity index (χ1n) is 11.8. The molecule has 0 aromatic heterocycles. The smallest absolute Gasteiger partial charge is 0.410 e. The van der Waals surface area contributed by atoms with E-state index in [-0.39, 0.29) is 35.2 Å². The molecule has 1 amide bonds. The van der Waals surface area contributed by atoms with Crippen LogP contribution in [0.25, 0.3) is 0 Å². The minimum absolute atomic E-state index is 0.0580. The molecule has 2 aliphatic heterocycles. The molecule has 2 saturated heterocycles. The zero-order valence-corrected chi connectivity index (χ0v) is 20.3. The topological polar surface area (TPSA) is 84.9 Å². The molecule has 7 nitrogen and oxygen atoms in total. The number of esters is 1. The lowest BCUT2D eigenvalue weighted by molar-refractivity contribution is -0.163. The van der Waals surface area contributed by atoms with Crippen molar-refractivity contribution in [3.8, 4) is 0 Å². The van der Waals surface area contributed by atoms with Crippen molar-refractivity contribution in [3.05, 3.63) is 0 Å². The SMILES string of the molecule is CC(C)(C)OC(=O)C1CC2(CCCCC2)N1.CC(C)(C)OC(=O)N1CCC(C=O)CC1. The highest BCUT2D eigenvalue weighted by atomic mass is 16.6. The van der Waals surface area contributed by atoms with Gasteiger partial charge in [0.05, 0.1) is 0 Å². The Bertz CT molecular complexity index is 613. The van der Waals surface area contributed by atoms with E-state index in [1.807, 2.05) is 41.5 Å². The Morgan fingerprint density at radius 3 is 1.90 bits per heavy atom. The normalized spacial score (nSPS) is 23.8. The lowest BCUT2D eigenvalue weighted by Crippen LogP contribution is -2.67. The van der Waals surface area contributed by atoms with Crippen LogP contribution in [-0.2, 0) is 19.1 Å². The predicted octanol–water partition coefficient (Wildman–Crippen LogP) is 4.23. The first kappa shape index (κ1) is 25.6. The Hall–Kier alpha value is -1.63. The van der Waals surface area contributed by atoms with Crippen molar-refractivity contribution in [3.63, 3.8) is 0 Å². The van der Waals surface area contributed by atoms with Crippen molar-refractivity contribution >= 4 is 18.3 Å². The van der Waals surface area contributed by atoms with Gasteiger partial charge < -0.3 is 19.2 Å². The fraction of sp³-hybridized carbons (Fsp3) is 0.875. The van der Waals surface area contributed by atoms with Gasteiger partial charge >= 0.3 is 12.1 Å². The molecule has 1 aliphatic carbocycles. The third kappa shape index (κ3) is 8.43. The number of nitrogens with one attached hydrogen (secondary N) is 1. The van der Waals surface area contributed by atoms with Gasteiger partial charge in [-0.2, -0.15) is 0 Å². The summed E-state index contributed by atoms with van der Waals surface area (Å²) >= 11 is 0. The first-order chi connectivity index (χ1) is 14.3. The molecule has 178 valence electrons. The fourth-order valence-electron chi connectivity index (χ4n) is 4.38. The van der Waals surface area contributed by atoms with Crippen LogP contribution in [-0.4, -0.2) is 59.1 Å². The molecule has 3 aliphatic rings. The van der Waals surface area contributed by atoms with Crippen LogP contribution in [0.4, 0.5) is 4.79 Å². The van der Waals surface area contributed by atoms with Gasteiger partial charge in [-0.15, -0.1) is 0 Å². The maximum absolute atomic E-state index is 11.8. The van der Waals surface area contributed by atoms with Gasteiger partial charge in [-0.3, -0.25) is 10.1 Å². The standard InChI is InChI=1S/C13H23NO2.C11H19NO3/c1-12(2,3)16-11(15)10-9-13(14-10)7-5-4-6-8-13;1-11(2,3)15-10(14)12-6-4-9(8-13)5-7-12/h10,14H,4-9H2,1-3H3;8-9H,4-7H2,1-3H3. The molecule has 1 N–H and O–H groups in total. The second-order valence-corrected chi connectivity index (χ2v) is 11.2. The molecule has 1 atom stereocenters. The summed E-state index contributed by atoms with van der Waals surface area (Å²) in [5.41, 5.74) is -0.535. The Labute approximate surface area is 187 Å². The van der Waals surface area contributed by atoms with Crippen LogP contribution in [0.1, 0.15) is 92.9 Å². The molecule has 3 fully saturated rings. The largest absolute Gasteiger partial charge is 0.459 e. The number of hydrogen-bond acceptors (Lipinski definition) is 6. The summed E-state index contributed by atoms with van der Waals surface area (Å²) in [7, 11) is 0. The van der Waals surface area contributed by atoms with Crippen LogP contribution in [0.15, 0.2) is 0 Å². The zero-order chi connectivity index (χ0) is 23.3. The number of carbonyl (C=O) groups is 3. The van der Waals surface area contributed by atoms with Crippen LogP contribution in [0.2, 0.25) is 0 Å². The highest BCUT2D eigenvalue weighted by Crippen LogP contribution is 2.39. The highest BCUT2D eigenvalue weighted by Gasteiger charge is 2.48. The molecule has 2 heterocycles. The molecular formula is C24H42N2O5. The Morgan fingerprint density at radius 1 is 0.935 bits per heavy atom. The molecule has 1 spiro atoms. The van der Waals surface area contributed by atoms with Crippen molar-refractivity contribution in [1.29, 1.82) is 0 Å². The van der Waals surface area contributed by atoms with Gasteiger partial charge in [0.15, 0.2) is 0 Å². The molecule has 0 radical (unpaired) electrons. The minimum Gasteiger partial charge on any atom is -0.459 e. The second kappa shape index (κ2) is 10.3. The third-order valence-corrected chi connectivity index (χ3v) is 5.96. The number of aldehydes is 1. The van der Waals surface area contributed by atoms with Crippen molar-refractivity contribution in [2.24, 2.45) is 5.92 Å². The third-order valence-electron chi connectivity index (χ3n) is 5.96. The van der Waals surface area contributed by atoms with Crippen LogP contribution in [0.5, 0.6) is 0 Å². The number of nitrogens with zero attached hydrogens (tertiary/aromatic N) is 1. The van der Waals surface area contributed by atoms with Gasteiger partial charge in [0.2, 0.25) is 0 Å². The molecular weight excluding hydrogens is 396 g/mol. The lowest BCUT2D eigenvalue weighted by atomic mass is 9.71. The lowest BCUT2D eigenvalue weighted by Gasteiger charge is -2.50. The quantitative estimate of drug-likeness (QED) is 0.513. The number of amides is 1. The summed E-state index contributed by atoms with van der Waals surface area (Å²) in [6, 6.07) is -0.0580. The fourth-order valence-corrected chi connectivity index (χ4v) is 4.38. The minimum atomic E-state index is -0.446. The van der Waals surface area contributed by atoms with Gasteiger partial charge in [0.25, 0.3) is 0 Å². The van der Waals surface area contributed by atoms with E-state index in [1.54, 1.807) is 4.90 Å². The number of hydrogen-bond donors (Lipinski definition) is 1. The summed E-state index contributed by atoms with van der Waals surface area (Å²) in [5, 5.41) is 3.44. The summed E-state index contributed by atoms with van der Waals surface area (Å²) < 4.78 is 10.6. The first-order valence-corrected chi connectivity index (χ1v) is 11.8. The van der Waals surface area contributed by atoms with Gasteiger partial charge in [0, 0.05) is 24.5 Å². The van der Waals surface area contributed by atoms with E-state index in [0.29, 0.717) is 13.1 Å². The van der Waals surface area contributed by atoms with Crippen molar-refractivity contribution < 1.29 is 23.9 Å². The van der Waals surface area contributed by atoms with Gasteiger partial charge in [0.1, 0.15) is 23.5 Å². The summed E-state index contributed by atoms with van der Waals surface area (Å²) in [6.45, 7) is 12.5. The van der Waals surface area contributed by atoms with E-state index in [2.05, 4.69) is 5.32 Å². The predicted molar refractivity (Wildman–Crippen MR) is 120 cm³/mol. The van der Waals surface area contributed by atoms with Crippen molar-refractivity contribution in [2.45, 2.75) is 116 Å². The summed E-state index contributed by atoms with van der Waals surface area (Å²) in [4.78, 5) is 35.6. The van der Waals surface area contributed by atoms with Crippen LogP contribution in [0, 0.1) is 5.92 Å². The number of piperidine rings is 1. The molecule has 0 bridgehead atoms. The second-order valence-electron chi connectivity index (χ2n) is 11.2. The average molecular weight is 439 g/mol. The van der Waals surface area contributed by atoms with Crippen LogP contribution in [0.3, 0.4) is 0 Å². The summed E-state index contributed by atoms with van der Waals surface area (Å²) in [5.74, 6) is 0.0346. The maximum Gasteiger partial charge on any atom is 0.410 e. The Morgan fingerprint density at radius 2 is 1.45 bits per heavy atom. The number of rotatable bonds is 2. The van der Waals surface area contributed by atoms with Crippen molar-refractivity contribution in [1.82, 2.24) is 10.2 Å². The average Bonchev–Trinajstić information content (AvgIpc) is 2.64. The molecule has 1 unspecified atom stereocenters. The van der Waals surface area contributed by atoms with E-state index >= 15 is 0 Å². The van der Waals surface area contributed by atoms with Gasteiger partial charge in [-0.25, -0.2) is 4.79 Å². The Balaban J connectivity index is 0.000000221. The number of likely N-dealkylation sites (tertiary alicyclic amines) is 1. The Kier molecular flexibility index (Phi) is 8.54. The van der Waals surface area contributed by atoms with Crippen LogP contribution < -0.4 is 5.32 Å². The van der Waals surface area contributed by atoms with E-state index in [0.717, 1.165) is 25.5 Å². The zero-order valence-electron chi connectivity index (χ0n) is 20.3. The number of carbonyl (C=O) groups excluding carboxylic acids is 3. The molecule has 0 aromatic rings. The molecule has 1 saturated carbocycles. The molecule has 7 heteroatoms. The summed E-state index contributed by atoms with van der Waals surface area (Å²) in [6.07, 6.45) is 9.59. The molecule has 0 aromatic carbocycles. The molecule has 31 heavy (non-hydrogen) atoms. The van der Waals surface area contributed by atoms with E-state index in [1.165, 1.54) is 32.1 Å².